The lowest BCUT2D eigenvalue weighted by Gasteiger charge is -2.38. The maximum Gasteiger partial charge on any atom is 0.306 e. The van der Waals surface area contributed by atoms with E-state index in [2.05, 4.69) is 22.0 Å². The van der Waals surface area contributed by atoms with Crippen molar-refractivity contribution < 1.29 is 24.5 Å². The summed E-state index contributed by atoms with van der Waals surface area (Å²) in [7, 11) is 0. The maximum absolute atomic E-state index is 11.2. The van der Waals surface area contributed by atoms with Gasteiger partial charge in [0.25, 0.3) is 0 Å². The molecule has 0 aliphatic carbocycles. The molecule has 198 valence electrons. The maximum atomic E-state index is 11.2. The third-order valence-corrected chi connectivity index (χ3v) is 7.48. The molecule has 1 saturated heterocycles. The van der Waals surface area contributed by atoms with Gasteiger partial charge in [0.1, 0.15) is 18.1 Å². The van der Waals surface area contributed by atoms with E-state index in [-0.39, 0.29) is 13.0 Å². The second-order valence-corrected chi connectivity index (χ2v) is 10.2. The Kier molecular flexibility index (Phi) is 7.98. The molecule has 7 nitrogen and oxygen atoms in total. The average molecular weight is 535 g/mol. The Hall–Kier alpha value is -3.39. The monoisotopic (exact) mass is 534 g/mol. The van der Waals surface area contributed by atoms with Crippen molar-refractivity contribution in [2.24, 2.45) is 0 Å². The molecule has 0 amide bonds. The van der Waals surface area contributed by atoms with Gasteiger partial charge in [-0.1, -0.05) is 35.9 Å². The first kappa shape index (κ1) is 26.2. The number of fused-ring (bicyclic) bond motifs is 2. The molecule has 8 heteroatoms. The molecule has 2 aliphatic rings. The fourth-order valence-corrected chi connectivity index (χ4v) is 5.21. The van der Waals surface area contributed by atoms with Crippen molar-refractivity contribution in [3.63, 3.8) is 0 Å². The minimum absolute atomic E-state index is 0.0635. The zero-order valence-electron chi connectivity index (χ0n) is 21.1. The van der Waals surface area contributed by atoms with Crippen LogP contribution in [0.2, 0.25) is 5.02 Å². The predicted octanol–water partition coefficient (Wildman–Crippen LogP) is 5.29. The number of hydrogen-bond acceptors (Lipinski definition) is 6. The van der Waals surface area contributed by atoms with Gasteiger partial charge in [0.2, 0.25) is 0 Å². The molecule has 0 radical (unpaired) electrons. The summed E-state index contributed by atoms with van der Waals surface area (Å²) in [6.45, 7) is 2.95. The normalized spacial score (nSPS) is 17.7. The van der Waals surface area contributed by atoms with Gasteiger partial charge in [0.15, 0.2) is 0 Å². The smallest absolute Gasteiger partial charge is 0.306 e. The van der Waals surface area contributed by atoms with Crippen LogP contribution in [-0.2, 0) is 17.0 Å². The van der Waals surface area contributed by atoms with E-state index < -0.39 is 11.6 Å². The molecule has 0 spiro atoms. The van der Waals surface area contributed by atoms with Gasteiger partial charge < -0.3 is 24.6 Å². The van der Waals surface area contributed by atoms with Gasteiger partial charge >= 0.3 is 5.97 Å². The van der Waals surface area contributed by atoms with Crippen molar-refractivity contribution in [3.05, 3.63) is 94.3 Å². The SMILES string of the molecule is O=C(O)CCOc1ccc2c(c1)/C(=C/CCN1CCC(O)(c3ccc(Cl)cc3)CC1)c1cccnc1CO2. The van der Waals surface area contributed by atoms with Crippen LogP contribution in [0.1, 0.15) is 48.1 Å². The molecule has 0 atom stereocenters. The molecule has 5 rings (SSSR count). The molecule has 0 unspecified atom stereocenters. The van der Waals surface area contributed by atoms with E-state index in [1.54, 1.807) is 12.3 Å². The van der Waals surface area contributed by atoms with Crippen molar-refractivity contribution in [1.29, 1.82) is 0 Å². The quantitative estimate of drug-likeness (QED) is 0.406. The van der Waals surface area contributed by atoms with Gasteiger partial charge in [-0.25, -0.2) is 0 Å². The summed E-state index contributed by atoms with van der Waals surface area (Å²) in [4.78, 5) is 17.8. The number of aliphatic hydroxyl groups is 1. The topological polar surface area (TPSA) is 92.1 Å². The number of carboxylic acid groups (broad SMARTS) is 1. The fraction of sp³-hybridized carbons (Fsp3) is 0.333. The first-order chi connectivity index (χ1) is 18.4. The molecule has 0 bridgehead atoms. The van der Waals surface area contributed by atoms with Crippen molar-refractivity contribution in [2.75, 3.05) is 26.2 Å². The fourth-order valence-electron chi connectivity index (χ4n) is 5.09. The Morgan fingerprint density at radius 2 is 1.92 bits per heavy atom. The molecule has 2 aliphatic heterocycles. The Bertz CT molecular complexity index is 1320. The van der Waals surface area contributed by atoms with Gasteiger partial charge in [0, 0.05) is 42.0 Å². The van der Waals surface area contributed by atoms with E-state index in [1.165, 1.54) is 0 Å². The van der Waals surface area contributed by atoms with Crippen LogP contribution in [0.4, 0.5) is 0 Å². The molecule has 1 fully saturated rings. The largest absolute Gasteiger partial charge is 0.493 e. The number of ether oxygens (including phenoxy) is 2. The predicted molar refractivity (Wildman–Crippen MR) is 145 cm³/mol. The lowest BCUT2D eigenvalue weighted by molar-refractivity contribution is -0.137. The number of rotatable bonds is 8. The first-order valence-electron chi connectivity index (χ1n) is 12.9. The van der Waals surface area contributed by atoms with Crippen molar-refractivity contribution in [2.45, 2.75) is 37.9 Å². The van der Waals surface area contributed by atoms with Crippen LogP contribution in [-0.4, -0.2) is 52.3 Å². The van der Waals surface area contributed by atoms with Gasteiger partial charge in [-0.05, 0) is 66.8 Å². The summed E-state index contributed by atoms with van der Waals surface area (Å²) in [5.74, 6) is 0.447. The standard InChI is InChI=1S/C30H31ClN2O5/c31-22-7-5-21(6-8-22)30(36)12-16-33(17-13-30)15-2-4-24-25-3-1-14-32-27(25)20-38-28-10-9-23(19-26(24)28)37-18-11-29(34)35/h1,3-10,14,19,36H,2,11-13,15-18,20H2,(H,34,35)/b24-4+. The third kappa shape index (κ3) is 6.01. The average Bonchev–Trinajstić information content (AvgIpc) is 3.07. The number of benzene rings is 2. The highest BCUT2D eigenvalue weighted by atomic mass is 35.5. The Balaban J connectivity index is 1.31. The summed E-state index contributed by atoms with van der Waals surface area (Å²) in [6, 6.07) is 17.1. The number of aromatic nitrogens is 1. The van der Waals surface area contributed by atoms with Gasteiger partial charge in [-0.3, -0.25) is 9.78 Å². The summed E-state index contributed by atoms with van der Waals surface area (Å²) >= 11 is 6.02. The molecule has 38 heavy (non-hydrogen) atoms. The second kappa shape index (κ2) is 11.6. The molecule has 3 aromatic rings. The number of piperidine rings is 1. The van der Waals surface area contributed by atoms with E-state index in [4.69, 9.17) is 26.2 Å². The molecule has 1 aromatic heterocycles. The first-order valence-corrected chi connectivity index (χ1v) is 13.3. The van der Waals surface area contributed by atoms with E-state index >= 15 is 0 Å². The van der Waals surface area contributed by atoms with Gasteiger partial charge in [-0.15, -0.1) is 0 Å². The van der Waals surface area contributed by atoms with Crippen molar-refractivity contribution >= 4 is 23.1 Å². The van der Waals surface area contributed by atoms with E-state index in [0.717, 1.165) is 59.8 Å². The van der Waals surface area contributed by atoms with Gasteiger partial charge in [0.05, 0.1) is 24.3 Å². The highest BCUT2D eigenvalue weighted by molar-refractivity contribution is 6.30. The second-order valence-electron chi connectivity index (χ2n) is 9.72. The van der Waals surface area contributed by atoms with Crippen LogP contribution in [0.25, 0.3) is 5.57 Å². The van der Waals surface area contributed by atoms with Crippen molar-refractivity contribution in [1.82, 2.24) is 9.88 Å². The Morgan fingerprint density at radius 1 is 1.13 bits per heavy atom. The van der Waals surface area contributed by atoms with E-state index in [1.807, 2.05) is 42.5 Å². The number of nitrogens with zero attached hydrogens (tertiary/aromatic N) is 2. The Morgan fingerprint density at radius 3 is 2.68 bits per heavy atom. The lowest BCUT2D eigenvalue weighted by Crippen LogP contribution is -2.42. The Labute approximate surface area is 227 Å². The van der Waals surface area contributed by atoms with Crippen LogP contribution in [0, 0.1) is 0 Å². The number of carboxylic acids is 1. The highest BCUT2D eigenvalue weighted by Crippen LogP contribution is 2.39. The number of hydrogen-bond donors (Lipinski definition) is 2. The molecular weight excluding hydrogens is 504 g/mol. The van der Waals surface area contributed by atoms with E-state index in [0.29, 0.717) is 30.2 Å². The van der Waals surface area contributed by atoms with Crippen molar-refractivity contribution in [3.8, 4) is 11.5 Å². The summed E-state index contributed by atoms with van der Waals surface area (Å²) < 4.78 is 11.8. The molecular formula is C30H31ClN2O5. The minimum Gasteiger partial charge on any atom is -0.493 e. The highest BCUT2D eigenvalue weighted by Gasteiger charge is 2.33. The summed E-state index contributed by atoms with van der Waals surface area (Å²) in [6.07, 6.45) is 6.08. The summed E-state index contributed by atoms with van der Waals surface area (Å²) in [5, 5.41) is 20.8. The zero-order chi connectivity index (χ0) is 26.5. The lowest BCUT2D eigenvalue weighted by atomic mass is 9.84. The van der Waals surface area contributed by atoms with Crippen LogP contribution in [0.3, 0.4) is 0 Å². The van der Waals surface area contributed by atoms with Gasteiger partial charge in [-0.2, -0.15) is 0 Å². The molecule has 3 heterocycles. The molecule has 2 N–H and O–H groups in total. The number of pyridine rings is 1. The number of carbonyl (C=O) groups is 1. The number of likely N-dealkylation sites (tertiary alicyclic amines) is 1. The van der Waals surface area contributed by atoms with Crippen LogP contribution < -0.4 is 9.47 Å². The van der Waals surface area contributed by atoms with Crippen LogP contribution in [0.5, 0.6) is 11.5 Å². The summed E-state index contributed by atoms with van der Waals surface area (Å²) in [5.41, 5.74) is 3.92. The number of halogens is 1. The molecule has 0 saturated carbocycles. The number of aliphatic carboxylic acids is 1. The minimum atomic E-state index is -0.895. The van der Waals surface area contributed by atoms with E-state index in [9.17, 15) is 9.90 Å². The molecule has 2 aromatic carbocycles. The van der Waals surface area contributed by atoms with Crippen LogP contribution in [0.15, 0.2) is 66.9 Å². The third-order valence-electron chi connectivity index (χ3n) is 7.23. The van der Waals surface area contributed by atoms with Crippen LogP contribution >= 0.6 is 11.6 Å². The zero-order valence-corrected chi connectivity index (χ0v) is 21.9.